The summed E-state index contributed by atoms with van der Waals surface area (Å²) in [4.78, 5) is 14.2. The fourth-order valence-corrected chi connectivity index (χ4v) is 2.79. The van der Waals surface area contributed by atoms with Crippen LogP contribution in [-0.4, -0.2) is 37.1 Å². The van der Waals surface area contributed by atoms with Crippen LogP contribution in [0.15, 0.2) is 0 Å². The second-order valence-electron chi connectivity index (χ2n) is 8.69. The van der Waals surface area contributed by atoms with E-state index in [0.717, 1.165) is 44.9 Å². The summed E-state index contributed by atoms with van der Waals surface area (Å²) in [7, 11) is 0. The van der Waals surface area contributed by atoms with Crippen LogP contribution in [0.3, 0.4) is 0 Å². The Kier molecular flexibility index (Phi) is 6.71. The number of carbonyl (C=O) groups excluding carboxylic acids is 1. The van der Waals surface area contributed by atoms with E-state index in [9.17, 15) is 4.79 Å². The molecule has 1 amide bonds. The molecule has 21 heavy (non-hydrogen) atoms. The summed E-state index contributed by atoms with van der Waals surface area (Å²) < 4.78 is 5.60. The van der Waals surface area contributed by atoms with Gasteiger partial charge in [0.25, 0.3) is 0 Å². The molecule has 0 radical (unpaired) electrons. The van der Waals surface area contributed by atoms with Crippen molar-refractivity contribution in [3.05, 3.63) is 0 Å². The minimum atomic E-state index is 0.262. The first kappa shape index (κ1) is 18.5. The summed E-state index contributed by atoms with van der Waals surface area (Å²) in [5, 5.41) is 0. The highest BCUT2D eigenvalue weighted by molar-refractivity contribution is 5.76. The molecule has 0 N–H and O–H groups in total. The summed E-state index contributed by atoms with van der Waals surface area (Å²) >= 11 is 0. The van der Waals surface area contributed by atoms with Crippen LogP contribution in [0.1, 0.15) is 67.2 Å². The summed E-state index contributed by atoms with van der Waals surface area (Å²) in [5.74, 6) is 1.00. The molecular weight excluding hydrogens is 262 g/mol. The highest BCUT2D eigenvalue weighted by atomic mass is 16.5. The fourth-order valence-electron chi connectivity index (χ4n) is 2.79. The van der Waals surface area contributed by atoms with Gasteiger partial charge in [-0.3, -0.25) is 4.79 Å². The summed E-state index contributed by atoms with van der Waals surface area (Å²) in [6.45, 7) is 16.7. The van der Waals surface area contributed by atoms with Crippen LogP contribution >= 0.6 is 0 Å². The van der Waals surface area contributed by atoms with Crippen LogP contribution in [0.25, 0.3) is 0 Å². The third-order valence-electron chi connectivity index (χ3n) is 4.53. The lowest BCUT2D eigenvalue weighted by molar-refractivity contribution is -0.134. The van der Waals surface area contributed by atoms with Gasteiger partial charge in [0.1, 0.15) is 0 Å². The van der Waals surface area contributed by atoms with E-state index in [1.807, 2.05) is 4.90 Å². The van der Waals surface area contributed by atoms with Crippen LogP contribution in [0, 0.1) is 16.7 Å². The Bertz CT molecular complexity index is 317. The Morgan fingerprint density at radius 1 is 1.05 bits per heavy atom. The molecular formula is C18H35NO2. The van der Waals surface area contributed by atoms with Crippen molar-refractivity contribution in [3.63, 3.8) is 0 Å². The minimum Gasteiger partial charge on any atom is -0.381 e. The van der Waals surface area contributed by atoms with E-state index in [4.69, 9.17) is 4.74 Å². The monoisotopic (exact) mass is 297 g/mol. The van der Waals surface area contributed by atoms with Crippen LogP contribution in [0.2, 0.25) is 0 Å². The van der Waals surface area contributed by atoms with Gasteiger partial charge in [-0.25, -0.2) is 0 Å². The van der Waals surface area contributed by atoms with Gasteiger partial charge in [0.05, 0.1) is 13.0 Å². The van der Waals surface area contributed by atoms with E-state index in [1.165, 1.54) is 0 Å². The molecule has 0 bridgehead atoms. The standard InChI is InChI=1S/C18H35NO2/c1-17(2,3)10-14-21-13-9-16(20)19-11-7-15(8-12-19)18(4,5)6/h15H,7-14H2,1-6H3. The van der Waals surface area contributed by atoms with Crippen molar-refractivity contribution in [2.45, 2.75) is 67.2 Å². The van der Waals surface area contributed by atoms with Crippen molar-refractivity contribution in [1.29, 1.82) is 0 Å². The molecule has 1 aliphatic heterocycles. The van der Waals surface area contributed by atoms with Crippen LogP contribution in [0.5, 0.6) is 0 Å². The first-order chi connectivity index (χ1) is 9.59. The Hall–Kier alpha value is -0.570. The molecule has 0 aromatic carbocycles. The number of nitrogens with zero attached hydrogens (tertiary/aromatic N) is 1. The maximum Gasteiger partial charge on any atom is 0.224 e. The van der Waals surface area contributed by atoms with E-state index in [0.29, 0.717) is 23.9 Å². The quantitative estimate of drug-likeness (QED) is 0.715. The van der Waals surface area contributed by atoms with Gasteiger partial charge in [-0.1, -0.05) is 41.5 Å². The number of ether oxygens (including phenoxy) is 1. The first-order valence-electron chi connectivity index (χ1n) is 8.45. The van der Waals surface area contributed by atoms with Gasteiger partial charge in [-0.05, 0) is 36.0 Å². The second kappa shape index (κ2) is 7.62. The van der Waals surface area contributed by atoms with Crippen molar-refractivity contribution >= 4 is 5.91 Å². The van der Waals surface area contributed by atoms with Crippen molar-refractivity contribution in [2.24, 2.45) is 16.7 Å². The number of hydrogen-bond acceptors (Lipinski definition) is 2. The molecule has 0 spiro atoms. The topological polar surface area (TPSA) is 29.5 Å². The maximum atomic E-state index is 12.2. The van der Waals surface area contributed by atoms with Gasteiger partial charge in [-0.15, -0.1) is 0 Å². The Balaban J connectivity index is 2.17. The molecule has 124 valence electrons. The number of carbonyl (C=O) groups is 1. The van der Waals surface area contributed by atoms with E-state index >= 15 is 0 Å². The lowest BCUT2D eigenvalue weighted by Gasteiger charge is -2.38. The highest BCUT2D eigenvalue weighted by Crippen LogP contribution is 2.34. The predicted octanol–water partition coefficient (Wildman–Crippen LogP) is 4.11. The molecule has 0 aromatic rings. The summed E-state index contributed by atoms with van der Waals surface area (Å²) in [5.41, 5.74) is 0.671. The molecule has 0 saturated carbocycles. The van der Waals surface area contributed by atoms with Gasteiger partial charge in [0.2, 0.25) is 5.91 Å². The third-order valence-corrected chi connectivity index (χ3v) is 4.53. The molecule has 3 nitrogen and oxygen atoms in total. The van der Waals surface area contributed by atoms with Crippen LogP contribution in [0.4, 0.5) is 0 Å². The van der Waals surface area contributed by atoms with Gasteiger partial charge in [0, 0.05) is 19.7 Å². The van der Waals surface area contributed by atoms with Gasteiger partial charge in [-0.2, -0.15) is 0 Å². The first-order valence-corrected chi connectivity index (χ1v) is 8.45. The average Bonchev–Trinajstić information content (AvgIpc) is 2.36. The molecule has 0 aromatic heterocycles. The van der Waals surface area contributed by atoms with Crippen molar-refractivity contribution in [3.8, 4) is 0 Å². The molecule has 1 heterocycles. The molecule has 1 rings (SSSR count). The van der Waals surface area contributed by atoms with E-state index in [1.54, 1.807) is 0 Å². The molecule has 1 fully saturated rings. The molecule has 0 aliphatic carbocycles. The molecule has 1 saturated heterocycles. The van der Waals surface area contributed by atoms with E-state index in [2.05, 4.69) is 41.5 Å². The Labute approximate surface area is 131 Å². The van der Waals surface area contributed by atoms with Crippen molar-refractivity contribution in [2.75, 3.05) is 26.3 Å². The summed E-state index contributed by atoms with van der Waals surface area (Å²) in [6, 6.07) is 0. The van der Waals surface area contributed by atoms with Crippen LogP contribution < -0.4 is 0 Å². The number of piperidine rings is 1. The number of rotatable bonds is 5. The van der Waals surface area contributed by atoms with Crippen LogP contribution in [-0.2, 0) is 9.53 Å². The number of amides is 1. The Morgan fingerprint density at radius 2 is 1.62 bits per heavy atom. The zero-order chi connectivity index (χ0) is 16.1. The zero-order valence-corrected chi connectivity index (χ0v) is 15.0. The smallest absolute Gasteiger partial charge is 0.224 e. The molecule has 3 heteroatoms. The highest BCUT2D eigenvalue weighted by Gasteiger charge is 2.30. The summed E-state index contributed by atoms with van der Waals surface area (Å²) in [6.07, 6.45) is 3.85. The van der Waals surface area contributed by atoms with Crippen molar-refractivity contribution < 1.29 is 9.53 Å². The lowest BCUT2D eigenvalue weighted by atomic mass is 9.75. The SMILES string of the molecule is CC(C)(C)CCOCCC(=O)N1CCC(C(C)(C)C)CC1. The molecule has 1 aliphatic rings. The largest absolute Gasteiger partial charge is 0.381 e. The van der Waals surface area contributed by atoms with Gasteiger partial charge in [0.15, 0.2) is 0 Å². The second-order valence-corrected chi connectivity index (χ2v) is 8.69. The molecule has 0 atom stereocenters. The number of likely N-dealkylation sites (tertiary alicyclic amines) is 1. The maximum absolute atomic E-state index is 12.2. The fraction of sp³-hybridized carbons (Fsp3) is 0.944. The van der Waals surface area contributed by atoms with E-state index in [-0.39, 0.29) is 5.91 Å². The van der Waals surface area contributed by atoms with E-state index < -0.39 is 0 Å². The minimum absolute atomic E-state index is 0.262. The normalized spacial score (nSPS) is 18.1. The average molecular weight is 297 g/mol. The number of hydrogen-bond donors (Lipinski definition) is 0. The van der Waals surface area contributed by atoms with Gasteiger partial charge >= 0.3 is 0 Å². The third kappa shape index (κ3) is 7.30. The molecule has 0 unspecified atom stereocenters. The van der Waals surface area contributed by atoms with Gasteiger partial charge < -0.3 is 9.64 Å². The predicted molar refractivity (Wildman–Crippen MR) is 88.3 cm³/mol. The zero-order valence-electron chi connectivity index (χ0n) is 15.0. The van der Waals surface area contributed by atoms with Crippen molar-refractivity contribution in [1.82, 2.24) is 4.90 Å². The Morgan fingerprint density at radius 3 is 2.10 bits per heavy atom. The lowest BCUT2D eigenvalue weighted by Crippen LogP contribution is -2.41.